The highest BCUT2D eigenvalue weighted by molar-refractivity contribution is 6.12. The maximum atomic E-state index is 15.0. The average molecular weight is 718 g/mol. The second-order valence-electron chi connectivity index (χ2n) is 14.0. The van der Waals surface area contributed by atoms with Crippen LogP contribution in [0.4, 0.5) is 10.1 Å². The first-order valence-corrected chi connectivity index (χ1v) is 19.4. The molecule has 1 aromatic carbocycles. The first kappa shape index (κ1) is 40.9. The van der Waals surface area contributed by atoms with Crippen molar-refractivity contribution < 1.29 is 4.39 Å². The van der Waals surface area contributed by atoms with Crippen LogP contribution in [0.3, 0.4) is 0 Å². The summed E-state index contributed by atoms with van der Waals surface area (Å²) in [5, 5.41) is 12.7. The van der Waals surface area contributed by atoms with Crippen molar-refractivity contribution in [3.05, 3.63) is 137 Å². The largest absolute Gasteiger partial charge is 0.398 e. The Morgan fingerprint density at radius 3 is 2.49 bits per heavy atom. The molecule has 2 aliphatic rings. The number of pyridine rings is 1. The third-order valence-corrected chi connectivity index (χ3v) is 9.97. The lowest BCUT2D eigenvalue weighted by molar-refractivity contribution is 0.334. The molecule has 7 nitrogen and oxygen atoms in total. The first-order chi connectivity index (χ1) is 25.6. The Morgan fingerprint density at radius 2 is 1.79 bits per heavy atom. The Kier molecular flexibility index (Phi) is 15.8. The molecule has 1 aliphatic carbocycles. The van der Waals surface area contributed by atoms with E-state index in [1.807, 2.05) is 45.9 Å². The second kappa shape index (κ2) is 20.4. The summed E-state index contributed by atoms with van der Waals surface area (Å²) in [7, 11) is 0. The number of likely N-dealkylation sites (tertiary alicyclic amines) is 1. The molecule has 0 radical (unpaired) electrons. The number of aromatic amines is 1. The fourth-order valence-corrected chi connectivity index (χ4v) is 7.25. The summed E-state index contributed by atoms with van der Waals surface area (Å²) in [4.78, 5) is 15.1. The van der Waals surface area contributed by atoms with Crippen LogP contribution in [0.2, 0.25) is 0 Å². The molecule has 0 unspecified atom stereocenters. The third kappa shape index (κ3) is 11.6. The number of aromatic nitrogens is 3. The third-order valence-electron chi connectivity index (χ3n) is 9.97. The summed E-state index contributed by atoms with van der Waals surface area (Å²) in [6.45, 7) is 23.6. The van der Waals surface area contributed by atoms with Crippen LogP contribution in [0.1, 0.15) is 112 Å². The lowest BCUT2D eigenvalue weighted by atomic mass is 9.86. The molecule has 0 spiro atoms. The number of allylic oxidation sites excluding steroid dienone is 7. The van der Waals surface area contributed by atoms with Crippen molar-refractivity contribution in [1.82, 2.24) is 19.9 Å². The Morgan fingerprint density at radius 1 is 1.06 bits per heavy atom. The number of nitrogens with one attached hydrogen (secondary N) is 3. The Labute approximate surface area is 317 Å². The van der Waals surface area contributed by atoms with Crippen molar-refractivity contribution >= 4 is 22.5 Å². The number of aryl methyl sites for hydroxylation is 2. The van der Waals surface area contributed by atoms with Crippen LogP contribution >= 0.6 is 0 Å². The van der Waals surface area contributed by atoms with Gasteiger partial charge in [-0.25, -0.2) is 9.37 Å². The number of H-pyrrole nitrogens is 1. The van der Waals surface area contributed by atoms with Crippen molar-refractivity contribution in [2.45, 2.75) is 91.9 Å². The van der Waals surface area contributed by atoms with Gasteiger partial charge in [-0.15, -0.1) is 0 Å². The zero-order valence-corrected chi connectivity index (χ0v) is 32.5. The molecule has 0 atom stereocenters. The number of hydrogen-bond donors (Lipinski definition) is 4. The van der Waals surface area contributed by atoms with Crippen LogP contribution in [0.15, 0.2) is 97.7 Å². The lowest BCUT2D eigenvalue weighted by Crippen LogP contribution is -2.20. The highest BCUT2D eigenvalue weighted by atomic mass is 19.1. The molecule has 1 saturated carbocycles. The van der Waals surface area contributed by atoms with Gasteiger partial charge in [0.1, 0.15) is 11.5 Å². The number of anilines is 1. The molecule has 1 aliphatic heterocycles. The number of halogens is 1. The normalized spacial score (nSPS) is 15.8. The summed E-state index contributed by atoms with van der Waals surface area (Å²) >= 11 is 0. The standard InChI is InChI=1S/C43H54FN7.C2H6/c1-6-14-38(34-23-33(24-36(44)25-34)17-13-20-51-18-11-12-19-51)42-31(5)49-43(50-42)41(46)39(40(45)7-2)21-29(3)35-26-37(28-47-27-35)48-30(4)22-32-15-9-8-10-16-32;1-2/h6-7,14,21,23-28,32,46,48H,1,3-4,8-13,15-20,22,45H2,2,5H3,(H,49,50);1-2H3/b38-14-,39-21+,40-7+,46-41?;. The van der Waals surface area contributed by atoms with E-state index < -0.39 is 0 Å². The van der Waals surface area contributed by atoms with Gasteiger partial charge in [0.2, 0.25) is 0 Å². The van der Waals surface area contributed by atoms with Gasteiger partial charge in [0, 0.05) is 40.0 Å². The summed E-state index contributed by atoms with van der Waals surface area (Å²) in [5.74, 6) is 0.739. The predicted octanol–water partition coefficient (Wildman–Crippen LogP) is 10.7. The van der Waals surface area contributed by atoms with Gasteiger partial charge in [-0.05, 0) is 112 Å². The highest BCUT2D eigenvalue weighted by Gasteiger charge is 2.21. The van der Waals surface area contributed by atoms with Crippen LogP contribution < -0.4 is 11.1 Å². The second-order valence-corrected chi connectivity index (χ2v) is 14.0. The molecule has 0 bridgehead atoms. The van der Waals surface area contributed by atoms with Crippen LogP contribution in [0, 0.1) is 24.1 Å². The van der Waals surface area contributed by atoms with Gasteiger partial charge in [-0.2, -0.15) is 0 Å². The van der Waals surface area contributed by atoms with E-state index in [0.29, 0.717) is 34.3 Å². The maximum absolute atomic E-state index is 15.0. The summed E-state index contributed by atoms with van der Waals surface area (Å²) in [6.07, 6.45) is 22.3. The number of nitrogens with two attached hydrogens (primary N) is 1. The first-order valence-electron chi connectivity index (χ1n) is 19.4. The van der Waals surface area contributed by atoms with Crippen LogP contribution in [0.5, 0.6) is 0 Å². The molecule has 3 heterocycles. The van der Waals surface area contributed by atoms with Crippen molar-refractivity contribution in [3.63, 3.8) is 0 Å². The molecule has 282 valence electrons. The number of imidazole rings is 1. The number of benzene rings is 1. The van der Waals surface area contributed by atoms with Gasteiger partial charge < -0.3 is 20.9 Å². The summed E-state index contributed by atoms with van der Waals surface area (Å²) in [5.41, 5.74) is 14.6. The molecule has 5 rings (SSSR count). The van der Waals surface area contributed by atoms with E-state index in [0.717, 1.165) is 78.2 Å². The number of rotatable bonds is 16. The molecular weight excluding hydrogens is 658 g/mol. The smallest absolute Gasteiger partial charge is 0.156 e. The van der Waals surface area contributed by atoms with Crippen molar-refractivity contribution in [3.8, 4) is 0 Å². The lowest BCUT2D eigenvalue weighted by Gasteiger charge is -2.23. The fourth-order valence-electron chi connectivity index (χ4n) is 7.25. The Hall–Kier alpha value is -4.82. The van der Waals surface area contributed by atoms with E-state index in [-0.39, 0.29) is 11.5 Å². The molecule has 2 aromatic heterocycles. The quantitative estimate of drug-likeness (QED) is 0.0872. The summed E-state index contributed by atoms with van der Waals surface area (Å²) in [6, 6.07) is 7.19. The Bertz CT molecular complexity index is 1830. The molecule has 2 fully saturated rings. The number of hydrogen-bond acceptors (Lipinski definition) is 6. The molecule has 3 aromatic rings. The highest BCUT2D eigenvalue weighted by Crippen LogP contribution is 2.31. The van der Waals surface area contributed by atoms with Crippen LogP contribution in [-0.4, -0.2) is 45.2 Å². The zero-order chi connectivity index (χ0) is 38.3. The summed E-state index contributed by atoms with van der Waals surface area (Å²) < 4.78 is 15.0. The van der Waals surface area contributed by atoms with Crippen molar-refractivity contribution in [1.29, 1.82) is 5.41 Å². The Balaban J connectivity index is 0.00000308. The van der Waals surface area contributed by atoms with Crippen molar-refractivity contribution in [2.24, 2.45) is 11.7 Å². The van der Waals surface area contributed by atoms with E-state index >= 15 is 4.39 Å². The van der Waals surface area contributed by atoms with Crippen LogP contribution in [-0.2, 0) is 6.42 Å². The van der Waals surface area contributed by atoms with Crippen LogP contribution in [0.25, 0.3) is 11.1 Å². The molecule has 1 saturated heterocycles. The minimum atomic E-state index is -0.285. The van der Waals surface area contributed by atoms with Gasteiger partial charge in [0.15, 0.2) is 5.82 Å². The molecule has 8 heteroatoms. The SMILES string of the molecule is C=C/C=C(/c1cc(F)cc(CCCN2CCCC2)c1)c1nc(C(=N)C(=C/C(=C)c2cncc(NC(=C)CC3CCCCC3)c2)/C(N)=C\C)[nH]c1C.CC. The van der Waals surface area contributed by atoms with E-state index in [4.69, 9.17) is 10.7 Å². The van der Waals surface area contributed by atoms with E-state index in [2.05, 4.69) is 39.9 Å². The van der Waals surface area contributed by atoms with Gasteiger partial charge in [0.25, 0.3) is 0 Å². The van der Waals surface area contributed by atoms with Gasteiger partial charge >= 0.3 is 0 Å². The maximum Gasteiger partial charge on any atom is 0.156 e. The van der Waals surface area contributed by atoms with E-state index in [9.17, 15) is 5.41 Å². The van der Waals surface area contributed by atoms with Crippen molar-refractivity contribution in [2.75, 3.05) is 25.0 Å². The molecule has 5 N–H and O–H groups in total. The van der Waals surface area contributed by atoms with Gasteiger partial charge in [-0.3, -0.25) is 10.4 Å². The zero-order valence-electron chi connectivity index (χ0n) is 32.5. The molecule has 53 heavy (non-hydrogen) atoms. The van der Waals surface area contributed by atoms with E-state index in [1.165, 1.54) is 51.0 Å². The topological polar surface area (TPSA) is 107 Å². The van der Waals surface area contributed by atoms with Gasteiger partial charge in [-0.1, -0.05) is 90.0 Å². The molecular formula is C45H60FN7. The average Bonchev–Trinajstić information content (AvgIpc) is 3.83. The minimum absolute atomic E-state index is 0.115. The minimum Gasteiger partial charge on any atom is -0.398 e. The monoisotopic (exact) mass is 717 g/mol. The van der Waals surface area contributed by atoms with E-state index in [1.54, 1.807) is 36.7 Å². The number of nitrogens with zero attached hydrogens (tertiary/aromatic N) is 3. The predicted molar refractivity (Wildman–Crippen MR) is 222 cm³/mol. The van der Waals surface area contributed by atoms with Gasteiger partial charge in [0.05, 0.1) is 17.6 Å². The fraction of sp³-hybridized carbons (Fsp3) is 0.400. The molecule has 0 amide bonds.